The van der Waals surface area contributed by atoms with Crippen molar-refractivity contribution in [2.24, 2.45) is 0 Å². The van der Waals surface area contributed by atoms with E-state index < -0.39 is 10.5 Å². The first kappa shape index (κ1) is 12.5. The maximum absolute atomic E-state index is 12.5. The Balaban J connectivity index is 2.44. The van der Waals surface area contributed by atoms with Crippen molar-refractivity contribution in [1.82, 2.24) is 4.98 Å². The van der Waals surface area contributed by atoms with Gasteiger partial charge in [0.2, 0.25) is 0 Å². The van der Waals surface area contributed by atoms with Gasteiger partial charge < -0.3 is 4.18 Å². The Kier molecular flexibility index (Phi) is 3.29. The Bertz CT molecular complexity index is 656. The SMILES string of the molecule is Cc1ccc(-c2cccnc2)cc1OS(=O)(=O)F. The fourth-order valence-corrected chi connectivity index (χ4v) is 1.90. The van der Waals surface area contributed by atoms with Gasteiger partial charge in [0.15, 0.2) is 0 Å². The van der Waals surface area contributed by atoms with E-state index in [4.69, 9.17) is 0 Å². The Hall–Kier alpha value is -1.95. The molecule has 0 N–H and O–H groups in total. The maximum Gasteiger partial charge on any atom is 0.488 e. The van der Waals surface area contributed by atoms with E-state index in [2.05, 4.69) is 9.17 Å². The van der Waals surface area contributed by atoms with Crippen molar-refractivity contribution >= 4 is 10.5 Å². The number of halogens is 1. The molecule has 0 saturated heterocycles. The van der Waals surface area contributed by atoms with Gasteiger partial charge in [0.25, 0.3) is 0 Å². The third-order valence-electron chi connectivity index (χ3n) is 2.37. The van der Waals surface area contributed by atoms with Crippen LogP contribution in [0.3, 0.4) is 0 Å². The quantitative estimate of drug-likeness (QED) is 0.802. The lowest BCUT2D eigenvalue weighted by Crippen LogP contribution is -2.02. The van der Waals surface area contributed by atoms with Gasteiger partial charge in [-0.15, -0.1) is 0 Å². The standard InChI is InChI=1S/C12H10FNO3S/c1-9-4-5-10(11-3-2-6-14-8-11)7-12(9)17-18(13,15)16/h2-8H,1H3. The molecule has 0 spiro atoms. The van der Waals surface area contributed by atoms with E-state index in [1.807, 2.05) is 6.07 Å². The molecule has 0 aliphatic heterocycles. The van der Waals surface area contributed by atoms with E-state index in [0.29, 0.717) is 11.1 Å². The van der Waals surface area contributed by atoms with E-state index in [-0.39, 0.29) is 5.75 Å². The summed E-state index contributed by atoms with van der Waals surface area (Å²) in [6.45, 7) is 1.63. The number of hydrogen-bond donors (Lipinski definition) is 0. The van der Waals surface area contributed by atoms with Crippen molar-refractivity contribution in [2.45, 2.75) is 6.92 Å². The van der Waals surface area contributed by atoms with Gasteiger partial charge in [0.1, 0.15) is 5.75 Å². The number of benzene rings is 1. The summed E-state index contributed by atoms with van der Waals surface area (Å²) in [5, 5.41) is 0. The topological polar surface area (TPSA) is 56.3 Å². The van der Waals surface area contributed by atoms with Crippen molar-refractivity contribution in [3.8, 4) is 16.9 Å². The predicted octanol–water partition coefficient (Wildman–Crippen LogP) is 2.65. The van der Waals surface area contributed by atoms with Crippen LogP contribution in [0.4, 0.5) is 3.89 Å². The second-order valence-corrected chi connectivity index (χ2v) is 4.65. The molecule has 94 valence electrons. The highest BCUT2D eigenvalue weighted by Gasteiger charge is 2.12. The molecule has 1 aromatic heterocycles. The Morgan fingerprint density at radius 1 is 1.22 bits per heavy atom. The second kappa shape index (κ2) is 4.73. The van der Waals surface area contributed by atoms with Crippen LogP contribution in [0.5, 0.6) is 5.75 Å². The molecule has 18 heavy (non-hydrogen) atoms. The van der Waals surface area contributed by atoms with Crippen LogP contribution < -0.4 is 4.18 Å². The van der Waals surface area contributed by atoms with E-state index >= 15 is 0 Å². The summed E-state index contributed by atoms with van der Waals surface area (Å²) in [4.78, 5) is 3.95. The van der Waals surface area contributed by atoms with E-state index in [0.717, 1.165) is 5.56 Å². The number of aryl methyl sites for hydroxylation is 1. The van der Waals surface area contributed by atoms with Gasteiger partial charge in [-0.3, -0.25) is 4.98 Å². The normalized spacial score (nSPS) is 11.2. The molecule has 0 radical (unpaired) electrons. The molecular formula is C12H10FNO3S. The van der Waals surface area contributed by atoms with Crippen molar-refractivity contribution in [3.63, 3.8) is 0 Å². The average Bonchev–Trinajstić information content (AvgIpc) is 2.31. The zero-order chi connectivity index (χ0) is 13.2. The van der Waals surface area contributed by atoms with Gasteiger partial charge in [-0.05, 0) is 30.2 Å². The lowest BCUT2D eigenvalue weighted by Gasteiger charge is -2.07. The summed E-state index contributed by atoms with van der Waals surface area (Å²) in [5.41, 5.74) is 2.02. The molecule has 1 heterocycles. The highest BCUT2D eigenvalue weighted by atomic mass is 32.3. The molecule has 0 aliphatic carbocycles. The molecular weight excluding hydrogens is 257 g/mol. The van der Waals surface area contributed by atoms with Crippen LogP contribution in [0, 0.1) is 6.92 Å². The molecule has 0 amide bonds. The number of hydrogen-bond acceptors (Lipinski definition) is 4. The van der Waals surface area contributed by atoms with Gasteiger partial charge >= 0.3 is 10.5 Å². The monoisotopic (exact) mass is 267 g/mol. The molecule has 1 aromatic carbocycles. The molecule has 0 aliphatic rings. The molecule has 2 rings (SSSR count). The zero-order valence-corrected chi connectivity index (χ0v) is 10.3. The Morgan fingerprint density at radius 3 is 2.61 bits per heavy atom. The van der Waals surface area contributed by atoms with Gasteiger partial charge in [-0.2, -0.15) is 8.42 Å². The lowest BCUT2D eigenvalue weighted by atomic mass is 10.1. The van der Waals surface area contributed by atoms with Gasteiger partial charge in [0.05, 0.1) is 0 Å². The summed E-state index contributed by atoms with van der Waals surface area (Å²) in [7, 11) is -5.01. The maximum atomic E-state index is 12.5. The van der Waals surface area contributed by atoms with Crippen LogP contribution in [-0.4, -0.2) is 13.4 Å². The summed E-state index contributed by atoms with van der Waals surface area (Å²) < 4.78 is 37.8. The number of pyridine rings is 1. The number of rotatable bonds is 3. The van der Waals surface area contributed by atoms with Crippen LogP contribution in [0.2, 0.25) is 0 Å². The van der Waals surface area contributed by atoms with E-state index in [9.17, 15) is 12.3 Å². The largest absolute Gasteiger partial charge is 0.488 e. The van der Waals surface area contributed by atoms with Crippen LogP contribution in [0.25, 0.3) is 11.1 Å². The third-order valence-corrected chi connectivity index (χ3v) is 2.75. The molecule has 4 nitrogen and oxygen atoms in total. The van der Waals surface area contributed by atoms with Crippen LogP contribution in [0.1, 0.15) is 5.56 Å². The smallest absolute Gasteiger partial charge is 0.358 e. The fourth-order valence-electron chi connectivity index (χ4n) is 1.51. The van der Waals surface area contributed by atoms with Crippen LogP contribution in [0.15, 0.2) is 42.7 Å². The highest BCUT2D eigenvalue weighted by Crippen LogP contribution is 2.27. The van der Waals surface area contributed by atoms with Crippen molar-refractivity contribution < 1.29 is 16.5 Å². The second-order valence-electron chi connectivity index (χ2n) is 3.70. The first-order chi connectivity index (χ1) is 8.46. The van der Waals surface area contributed by atoms with E-state index in [1.165, 1.54) is 6.07 Å². The minimum absolute atomic E-state index is 0.0288. The third kappa shape index (κ3) is 3.04. The number of aromatic nitrogens is 1. The first-order valence-electron chi connectivity index (χ1n) is 5.11. The summed E-state index contributed by atoms with van der Waals surface area (Å²) in [5.74, 6) is -0.0288. The summed E-state index contributed by atoms with van der Waals surface area (Å²) in [6.07, 6.45) is 3.25. The molecule has 0 bridgehead atoms. The Labute approximate surface area is 104 Å². The molecule has 0 atom stereocenters. The molecule has 0 unspecified atom stereocenters. The Morgan fingerprint density at radius 2 is 2.00 bits per heavy atom. The minimum Gasteiger partial charge on any atom is -0.358 e. The zero-order valence-electron chi connectivity index (χ0n) is 9.50. The predicted molar refractivity (Wildman–Crippen MR) is 65.1 cm³/mol. The van der Waals surface area contributed by atoms with Crippen molar-refractivity contribution in [2.75, 3.05) is 0 Å². The highest BCUT2D eigenvalue weighted by molar-refractivity contribution is 7.81. The lowest BCUT2D eigenvalue weighted by molar-refractivity contribution is 0.439. The van der Waals surface area contributed by atoms with Crippen molar-refractivity contribution in [1.29, 1.82) is 0 Å². The fraction of sp³-hybridized carbons (Fsp3) is 0.0833. The molecule has 2 aromatic rings. The van der Waals surface area contributed by atoms with Gasteiger partial charge in [0, 0.05) is 18.0 Å². The van der Waals surface area contributed by atoms with Crippen molar-refractivity contribution in [3.05, 3.63) is 48.3 Å². The molecule has 6 heteroatoms. The number of nitrogens with zero attached hydrogens (tertiary/aromatic N) is 1. The van der Waals surface area contributed by atoms with Gasteiger partial charge in [-0.25, -0.2) is 0 Å². The summed E-state index contributed by atoms with van der Waals surface area (Å²) >= 11 is 0. The minimum atomic E-state index is -5.01. The summed E-state index contributed by atoms with van der Waals surface area (Å²) in [6, 6.07) is 8.46. The molecule has 0 fully saturated rings. The van der Waals surface area contributed by atoms with Crippen LogP contribution in [-0.2, 0) is 10.5 Å². The van der Waals surface area contributed by atoms with Crippen LogP contribution >= 0.6 is 0 Å². The molecule has 0 saturated carbocycles. The average molecular weight is 267 g/mol. The first-order valence-corrected chi connectivity index (χ1v) is 6.42. The van der Waals surface area contributed by atoms with E-state index in [1.54, 1.807) is 37.5 Å². The van der Waals surface area contributed by atoms with Gasteiger partial charge in [-0.1, -0.05) is 22.1 Å².